The second kappa shape index (κ2) is 10.3. The van der Waals surface area contributed by atoms with Crippen LogP contribution in [0.5, 0.6) is 0 Å². The van der Waals surface area contributed by atoms with Crippen LogP contribution in [0.25, 0.3) is 33.4 Å². The average Bonchev–Trinajstić information content (AvgIpc) is 3.61. The van der Waals surface area contributed by atoms with Crippen molar-refractivity contribution in [1.29, 1.82) is 0 Å². The summed E-state index contributed by atoms with van der Waals surface area (Å²) in [6.07, 6.45) is 0. The van der Waals surface area contributed by atoms with Gasteiger partial charge in [0, 0.05) is 22.8 Å². The summed E-state index contributed by atoms with van der Waals surface area (Å²) in [5, 5.41) is 12.1. The number of benzene rings is 4. The highest BCUT2D eigenvalue weighted by Crippen LogP contribution is 2.37. The van der Waals surface area contributed by atoms with Gasteiger partial charge in [-0.15, -0.1) is 0 Å². The Bertz CT molecular complexity index is 1810. The number of nitrogens with zero attached hydrogens (tertiary/aromatic N) is 2. The van der Waals surface area contributed by atoms with E-state index in [1.165, 1.54) is 30.3 Å². The fraction of sp³-hybridized carbons (Fsp3) is 0. The minimum absolute atomic E-state index is 0.0344. The number of amides is 2. The van der Waals surface area contributed by atoms with Gasteiger partial charge in [0.15, 0.2) is 16.6 Å². The normalized spacial score (nSPS) is 10.9. The molecule has 0 saturated heterocycles. The fourth-order valence-electron chi connectivity index (χ4n) is 4.14. The van der Waals surface area contributed by atoms with E-state index in [0.717, 1.165) is 27.7 Å². The number of nitrogens with one attached hydrogen (secondary N) is 2. The van der Waals surface area contributed by atoms with E-state index in [-0.39, 0.29) is 22.5 Å². The van der Waals surface area contributed by atoms with Crippen molar-refractivity contribution in [2.24, 2.45) is 0 Å². The van der Waals surface area contributed by atoms with Gasteiger partial charge < -0.3 is 9.84 Å². The lowest BCUT2D eigenvalue weighted by Crippen LogP contribution is -2.12. The van der Waals surface area contributed by atoms with Crippen LogP contribution in [-0.2, 0) is 0 Å². The topological polar surface area (TPSA) is 97.1 Å². The molecule has 0 aliphatic carbocycles. The maximum Gasteiger partial charge on any atom is 0.279 e. The third-order valence-electron chi connectivity index (χ3n) is 6.03. The number of thiazole rings is 1. The van der Waals surface area contributed by atoms with Gasteiger partial charge in [-0.2, -0.15) is 0 Å². The van der Waals surface area contributed by atoms with Gasteiger partial charge in [0.1, 0.15) is 16.5 Å². The number of aromatic nitrogens is 2. The molecule has 190 valence electrons. The predicted molar refractivity (Wildman–Crippen MR) is 149 cm³/mol. The maximum absolute atomic E-state index is 13.4. The molecule has 39 heavy (non-hydrogen) atoms. The lowest BCUT2D eigenvalue weighted by Gasteiger charge is -2.08. The van der Waals surface area contributed by atoms with Gasteiger partial charge in [0.25, 0.3) is 11.8 Å². The molecule has 0 fully saturated rings. The molecule has 6 aromatic rings. The highest BCUT2D eigenvalue weighted by atomic mass is 32.1. The molecular formula is C30H19FN4O3S. The van der Waals surface area contributed by atoms with Gasteiger partial charge in [-0.3, -0.25) is 14.9 Å². The Hall–Kier alpha value is -5.15. The van der Waals surface area contributed by atoms with Crippen LogP contribution in [0.15, 0.2) is 108 Å². The highest BCUT2D eigenvalue weighted by molar-refractivity contribution is 7.20. The van der Waals surface area contributed by atoms with Crippen molar-refractivity contribution >= 4 is 44.1 Å². The Morgan fingerprint density at radius 2 is 1.51 bits per heavy atom. The first kappa shape index (κ1) is 24.2. The van der Waals surface area contributed by atoms with E-state index in [9.17, 15) is 14.0 Å². The Labute approximate surface area is 225 Å². The molecule has 9 heteroatoms. The van der Waals surface area contributed by atoms with Crippen molar-refractivity contribution in [1.82, 2.24) is 10.1 Å². The molecule has 0 unspecified atom stereocenters. The number of anilines is 2. The third kappa shape index (κ3) is 5.03. The molecule has 7 nitrogen and oxygen atoms in total. The van der Waals surface area contributed by atoms with E-state index < -0.39 is 5.91 Å². The molecule has 0 radical (unpaired) electrons. The van der Waals surface area contributed by atoms with E-state index >= 15 is 0 Å². The van der Waals surface area contributed by atoms with Crippen LogP contribution in [0, 0.1) is 5.82 Å². The number of carbonyl (C=O) groups excluding carboxylic acids is 2. The molecule has 0 bridgehead atoms. The Morgan fingerprint density at radius 1 is 0.769 bits per heavy atom. The number of fused-ring (bicyclic) bond motifs is 1. The van der Waals surface area contributed by atoms with Crippen LogP contribution < -0.4 is 10.6 Å². The van der Waals surface area contributed by atoms with Crippen molar-refractivity contribution in [3.8, 4) is 22.6 Å². The second-order valence-corrected chi connectivity index (χ2v) is 9.58. The van der Waals surface area contributed by atoms with Gasteiger partial charge >= 0.3 is 0 Å². The first-order valence-electron chi connectivity index (χ1n) is 11.9. The number of carbonyl (C=O) groups is 2. The SMILES string of the molecule is O=C(Nc1nc(-c2ccccc2)c(NC(=O)c2cccc3ccccc23)s1)c1cc(-c2ccc(F)cc2)on1. The summed E-state index contributed by atoms with van der Waals surface area (Å²) in [5.41, 5.74) is 2.45. The van der Waals surface area contributed by atoms with Crippen LogP contribution in [0.4, 0.5) is 14.5 Å². The number of hydrogen-bond donors (Lipinski definition) is 2. The van der Waals surface area contributed by atoms with Crippen molar-refractivity contribution < 1.29 is 18.5 Å². The summed E-state index contributed by atoms with van der Waals surface area (Å²) in [4.78, 5) is 30.9. The van der Waals surface area contributed by atoms with Crippen LogP contribution in [0.1, 0.15) is 20.8 Å². The van der Waals surface area contributed by atoms with Gasteiger partial charge in [0.2, 0.25) is 0 Å². The van der Waals surface area contributed by atoms with E-state index in [0.29, 0.717) is 27.6 Å². The van der Waals surface area contributed by atoms with Gasteiger partial charge in [-0.25, -0.2) is 9.37 Å². The zero-order valence-corrected chi connectivity index (χ0v) is 21.0. The van der Waals surface area contributed by atoms with Gasteiger partial charge in [0.05, 0.1) is 0 Å². The third-order valence-corrected chi connectivity index (χ3v) is 6.91. The molecule has 4 aromatic carbocycles. The summed E-state index contributed by atoms with van der Waals surface area (Å²) >= 11 is 1.14. The zero-order chi connectivity index (χ0) is 26.8. The van der Waals surface area contributed by atoms with E-state index in [1.807, 2.05) is 66.7 Å². The smallest absolute Gasteiger partial charge is 0.279 e. The Morgan fingerprint density at radius 3 is 2.33 bits per heavy atom. The first-order valence-corrected chi connectivity index (χ1v) is 12.8. The van der Waals surface area contributed by atoms with Crippen molar-refractivity contribution in [3.63, 3.8) is 0 Å². The maximum atomic E-state index is 13.4. The van der Waals surface area contributed by atoms with Crippen LogP contribution in [0.2, 0.25) is 0 Å². The quantitative estimate of drug-likeness (QED) is 0.234. The molecule has 0 atom stereocenters. The summed E-state index contributed by atoms with van der Waals surface area (Å²) in [7, 11) is 0. The summed E-state index contributed by atoms with van der Waals surface area (Å²) < 4.78 is 18.5. The van der Waals surface area contributed by atoms with E-state index in [4.69, 9.17) is 4.52 Å². The minimum atomic E-state index is -0.535. The minimum Gasteiger partial charge on any atom is -0.355 e. The van der Waals surface area contributed by atoms with Gasteiger partial charge in [-0.05, 0) is 41.1 Å². The molecule has 2 heterocycles. The van der Waals surface area contributed by atoms with Crippen LogP contribution in [0.3, 0.4) is 0 Å². The van der Waals surface area contributed by atoms with E-state index in [2.05, 4.69) is 20.8 Å². The Kier molecular flexibility index (Phi) is 6.40. The summed E-state index contributed by atoms with van der Waals surface area (Å²) in [6.45, 7) is 0. The van der Waals surface area contributed by atoms with Crippen LogP contribution in [-0.4, -0.2) is 22.0 Å². The standard InChI is InChI=1S/C30H19FN4O3S/c31-21-15-13-19(14-16-21)25-17-24(35-38-25)28(37)34-30-32-26(20-8-2-1-3-9-20)29(39-30)33-27(36)23-12-6-10-18-7-4-5-11-22(18)23/h1-17H,(H,33,36)(H,32,34,37). The van der Waals surface area contributed by atoms with Crippen LogP contribution >= 0.6 is 11.3 Å². The summed E-state index contributed by atoms with van der Waals surface area (Å²) in [5.74, 6) is -0.872. The molecular weight excluding hydrogens is 515 g/mol. The largest absolute Gasteiger partial charge is 0.355 e. The van der Waals surface area contributed by atoms with Crippen molar-refractivity contribution in [2.45, 2.75) is 0 Å². The molecule has 2 amide bonds. The van der Waals surface area contributed by atoms with Crippen molar-refractivity contribution in [3.05, 3.63) is 120 Å². The first-order chi connectivity index (χ1) is 19.0. The average molecular weight is 535 g/mol. The van der Waals surface area contributed by atoms with Crippen molar-refractivity contribution in [2.75, 3.05) is 10.6 Å². The number of rotatable bonds is 6. The lowest BCUT2D eigenvalue weighted by molar-refractivity contribution is 0.101. The number of hydrogen-bond acceptors (Lipinski definition) is 6. The molecule has 6 rings (SSSR count). The molecule has 0 saturated carbocycles. The predicted octanol–water partition coefficient (Wildman–Crippen LogP) is 7.26. The lowest BCUT2D eigenvalue weighted by atomic mass is 10.0. The molecule has 0 spiro atoms. The molecule has 0 aliphatic heterocycles. The Balaban J connectivity index is 1.28. The monoisotopic (exact) mass is 534 g/mol. The number of halogens is 1. The molecule has 2 N–H and O–H groups in total. The molecule has 0 aliphatic rings. The van der Waals surface area contributed by atoms with E-state index in [1.54, 1.807) is 6.07 Å². The van der Waals surface area contributed by atoms with Gasteiger partial charge in [-0.1, -0.05) is 83.2 Å². The highest BCUT2D eigenvalue weighted by Gasteiger charge is 2.21. The second-order valence-electron chi connectivity index (χ2n) is 8.58. The zero-order valence-electron chi connectivity index (χ0n) is 20.2. The molecule has 2 aromatic heterocycles. The fourth-order valence-corrected chi connectivity index (χ4v) is 5.02. The summed E-state index contributed by atoms with van der Waals surface area (Å²) in [6, 6.07) is 29.7.